The second-order valence-electron chi connectivity index (χ2n) is 6.37. The number of benzene rings is 1. The van der Waals surface area contributed by atoms with Crippen LogP contribution in [-0.2, 0) is 15.8 Å². The molecule has 0 unspecified atom stereocenters. The lowest BCUT2D eigenvalue weighted by molar-refractivity contribution is 0.0759. The number of nitrogens with zero attached hydrogens (tertiary/aromatic N) is 2. The monoisotopic (exact) mass is 361 g/mol. The van der Waals surface area contributed by atoms with Crippen molar-refractivity contribution in [3.05, 3.63) is 59.4 Å². The molecule has 7 heteroatoms. The molecule has 0 saturated carbocycles. The number of carbonyl (C=O) groups is 1. The van der Waals surface area contributed by atoms with E-state index in [2.05, 4.69) is 4.98 Å². The third-order valence-electron chi connectivity index (χ3n) is 4.40. The van der Waals surface area contributed by atoms with Crippen LogP contribution in [0.25, 0.3) is 0 Å². The van der Waals surface area contributed by atoms with Crippen LogP contribution in [0.1, 0.15) is 28.0 Å². The molecule has 3 rings (SSSR count). The molecular formula is C18H23N3O3S. The van der Waals surface area contributed by atoms with E-state index in [1.165, 1.54) is 4.31 Å². The Morgan fingerprint density at radius 2 is 1.96 bits per heavy atom. The largest absolute Gasteiger partial charge is 0.357 e. The Kier molecular flexibility index (Phi) is 5.24. The van der Waals surface area contributed by atoms with E-state index >= 15 is 0 Å². The Morgan fingerprint density at radius 1 is 1.12 bits per heavy atom. The van der Waals surface area contributed by atoms with Gasteiger partial charge in [-0.15, -0.1) is 0 Å². The van der Waals surface area contributed by atoms with Gasteiger partial charge in [-0.25, -0.2) is 8.42 Å². The quantitative estimate of drug-likeness (QED) is 0.905. The predicted octanol–water partition coefficient (Wildman–Crippen LogP) is 2.00. The molecule has 134 valence electrons. The zero-order valence-corrected chi connectivity index (χ0v) is 15.1. The normalized spacial score (nSPS) is 16.6. The molecule has 2 heterocycles. The van der Waals surface area contributed by atoms with E-state index in [9.17, 15) is 13.2 Å². The molecule has 0 bridgehead atoms. The van der Waals surface area contributed by atoms with Crippen molar-refractivity contribution >= 4 is 15.9 Å². The molecule has 1 saturated heterocycles. The van der Waals surface area contributed by atoms with Crippen LogP contribution in [-0.4, -0.2) is 54.7 Å². The lowest BCUT2D eigenvalue weighted by Crippen LogP contribution is -2.37. The molecule has 0 spiro atoms. The average Bonchev–Trinajstić information content (AvgIpc) is 2.97. The van der Waals surface area contributed by atoms with Crippen LogP contribution in [0, 0.1) is 6.92 Å². The Balaban J connectivity index is 1.66. The minimum Gasteiger partial charge on any atom is -0.357 e. The summed E-state index contributed by atoms with van der Waals surface area (Å²) in [6, 6.07) is 11.1. The van der Waals surface area contributed by atoms with Gasteiger partial charge in [-0.05, 0) is 31.0 Å². The molecule has 25 heavy (non-hydrogen) atoms. The minimum atomic E-state index is -3.39. The molecule has 1 aromatic heterocycles. The molecule has 6 nitrogen and oxygen atoms in total. The zero-order chi connectivity index (χ0) is 17.9. The number of hydrogen-bond donors (Lipinski definition) is 1. The van der Waals surface area contributed by atoms with E-state index in [0.717, 1.165) is 11.1 Å². The van der Waals surface area contributed by atoms with Crippen LogP contribution in [0.3, 0.4) is 0 Å². The number of aromatic nitrogens is 1. The van der Waals surface area contributed by atoms with Gasteiger partial charge < -0.3 is 9.88 Å². The van der Waals surface area contributed by atoms with Crippen molar-refractivity contribution in [2.45, 2.75) is 19.1 Å². The number of amides is 1. The first-order chi connectivity index (χ1) is 12.0. The van der Waals surface area contributed by atoms with Crippen molar-refractivity contribution in [2.24, 2.45) is 0 Å². The topological polar surface area (TPSA) is 73.5 Å². The maximum absolute atomic E-state index is 12.7. The van der Waals surface area contributed by atoms with Gasteiger partial charge in [0.25, 0.3) is 5.91 Å². The smallest absolute Gasteiger partial charge is 0.270 e. The van der Waals surface area contributed by atoms with E-state index in [4.69, 9.17) is 0 Å². The molecule has 0 radical (unpaired) electrons. The summed E-state index contributed by atoms with van der Waals surface area (Å²) in [5.41, 5.74) is 2.38. The van der Waals surface area contributed by atoms with E-state index in [1.807, 2.05) is 31.2 Å². The van der Waals surface area contributed by atoms with Gasteiger partial charge in [-0.1, -0.05) is 29.8 Å². The predicted molar refractivity (Wildman–Crippen MR) is 96.7 cm³/mol. The number of carbonyl (C=O) groups excluding carboxylic acids is 1. The summed E-state index contributed by atoms with van der Waals surface area (Å²) in [5.74, 6) is -0.0814. The van der Waals surface area contributed by atoms with Crippen LogP contribution >= 0.6 is 0 Å². The summed E-state index contributed by atoms with van der Waals surface area (Å²) in [7, 11) is -3.39. The number of H-pyrrole nitrogens is 1. The fraction of sp³-hybridized carbons (Fsp3) is 0.389. The van der Waals surface area contributed by atoms with Gasteiger partial charge in [-0.2, -0.15) is 4.31 Å². The van der Waals surface area contributed by atoms with Crippen LogP contribution < -0.4 is 0 Å². The van der Waals surface area contributed by atoms with Crippen LogP contribution in [0.2, 0.25) is 0 Å². The van der Waals surface area contributed by atoms with Gasteiger partial charge in [0.05, 0.1) is 5.75 Å². The van der Waals surface area contributed by atoms with Crippen molar-refractivity contribution in [1.82, 2.24) is 14.2 Å². The fourth-order valence-electron chi connectivity index (χ4n) is 3.11. The fourth-order valence-corrected chi connectivity index (χ4v) is 4.66. The SMILES string of the molecule is Cc1cccc(CS(=O)(=O)N2CCCN(C(=O)c3ccc[nH]3)CC2)c1. The number of nitrogens with one attached hydrogen (secondary N) is 1. The molecule has 0 atom stereocenters. The second kappa shape index (κ2) is 7.41. The average molecular weight is 361 g/mol. The Bertz CT molecular complexity index is 831. The summed E-state index contributed by atoms with van der Waals surface area (Å²) in [4.78, 5) is 17.1. The Labute approximate surface area is 148 Å². The zero-order valence-electron chi connectivity index (χ0n) is 14.3. The molecule has 1 fully saturated rings. The van der Waals surface area contributed by atoms with Gasteiger partial charge in [0.1, 0.15) is 5.69 Å². The number of sulfonamides is 1. The third kappa shape index (κ3) is 4.29. The van der Waals surface area contributed by atoms with Crippen LogP contribution in [0.5, 0.6) is 0 Å². The van der Waals surface area contributed by atoms with Gasteiger partial charge in [-0.3, -0.25) is 4.79 Å². The molecule has 1 aromatic carbocycles. The highest BCUT2D eigenvalue weighted by molar-refractivity contribution is 7.88. The second-order valence-corrected chi connectivity index (χ2v) is 8.34. The third-order valence-corrected chi connectivity index (χ3v) is 6.25. The molecule has 1 N–H and O–H groups in total. The van der Waals surface area contributed by atoms with E-state index in [-0.39, 0.29) is 11.7 Å². The molecule has 1 amide bonds. The van der Waals surface area contributed by atoms with Gasteiger partial charge in [0, 0.05) is 32.4 Å². The molecule has 2 aromatic rings. The molecule has 1 aliphatic heterocycles. The summed E-state index contributed by atoms with van der Waals surface area (Å²) >= 11 is 0. The number of hydrogen-bond acceptors (Lipinski definition) is 3. The summed E-state index contributed by atoms with van der Waals surface area (Å²) in [6.07, 6.45) is 2.35. The minimum absolute atomic E-state index is 0.000739. The maximum atomic E-state index is 12.7. The van der Waals surface area contributed by atoms with Gasteiger partial charge in [0.2, 0.25) is 10.0 Å². The summed E-state index contributed by atoms with van der Waals surface area (Å²) < 4.78 is 27.0. The van der Waals surface area contributed by atoms with Crippen molar-refractivity contribution in [3.63, 3.8) is 0 Å². The number of rotatable bonds is 4. The standard InChI is InChI=1S/C18H23N3O3S/c1-15-5-2-6-16(13-15)14-25(23,24)21-10-4-9-20(11-12-21)18(22)17-7-3-8-19-17/h2-3,5-8,13,19H,4,9-12,14H2,1H3. The highest BCUT2D eigenvalue weighted by Gasteiger charge is 2.27. The highest BCUT2D eigenvalue weighted by atomic mass is 32.2. The number of aromatic amines is 1. The number of aryl methyl sites for hydroxylation is 1. The summed E-state index contributed by atoms with van der Waals surface area (Å²) in [6.45, 7) is 3.70. The van der Waals surface area contributed by atoms with Crippen LogP contribution in [0.4, 0.5) is 0 Å². The van der Waals surface area contributed by atoms with E-state index in [0.29, 0.717) is 38.3 Å². The first-order valence-corrected chi connectivity index (χ1v) is 10.0. The van der Waals surface area contributed by atoms with E-state index in [1.54, 1.807) is 23.2 Å². The van der Waals surface area contributed by atoms with Crippen molar-refractivity contribution in [1.29, 1.82) is 0 Å². The Morgan fingerprint density at radius 3 is 2.68 bits per heavy atom. The Hall–Kier alpha value is -2.12. The first-order valence-electron chi connectivity index (χ1n) is 8.42. The maximum Gasteiger partial charge on any atom is 0.270 e. The lowest BCUT2D eigenvalue weighted by Gasteiger charge is -2.21. The highest BCUT2D eigenvalue weighted by Crippen LogP contribution is 2.16. The summed E-state index contributed by atoms with van der Waals surface area (Å²) in [5, 5.41) is 0. The van der Waals surface area contributed by atoms with Crippen molar-refractivity contribution in [2.75, 3.05) is 26.2 Å². The van der Waals surface area contributed by atoms with Crippen LogP contribution in [0.15, 0.2) is 42.6 Å². The first kappa shape index (κ1) is 17.7. The van der Waals surface area contributed by atoms with Crippen molar-refractivity contribution in [3.8, 4) is 0 Å². The van der Waals surface area contributed by atoms with E-state index < -0.39 is 10.0 Å². The molecule has 0 aliphatic carbocycles. The van der Waals surface area contributed by atoms with Crippen molar-refractivity contribution < 1.29 is 13.2 Å². The van der Waals surface area contributed by atoms with Gasteiger partial charge in [0.15, 0.2) is 0 Å². The molecular weight excluding hydrogens is 338 g/mol. The molecule has 1 aliphatic rings. The van der Waals surface area contributed by atoms with Gasteiger partial charge >= 0.3 is 0 Å². The lowest BCUT2D eigenvalue weighted by atomic mass is 10.2.